The Morgan fingerprint density at radius 2 is 2.50 bits per heavy atom. The van der Waals surface area contributed by atoms with Crippen molar-refractivity contribution in [1.82, 2.24) is 15.1 Å². The minimum Gasteiger partial charge on any atom is -0.314 e. The van der Waals surface area contributed by atoms with Gasteiger partial charge >= 0.3 is 0 Å². The zero-order chi connectivity index (χ0) is 9.80. The number of aryl methyl sites for hydroxylation is 1. The van der Waals surface area contributed by atoms with Gasteiger partial charge in [-0.05, 0) is 37.9 Å². The van der Waals surface area contributed by atoms with Crippen LogP contribution >= 0.6 is 0 Å². The molecule has 0 amide bonds. The molecule has 2 rings (SSSR count). The smallest absolute Gasteiger partial charge is 0.0603 e. The van der Waals surface area contributed by atoms with Gasteiger partial charge in [-0.15, -0.1) is 0 Å². The van der Waals surface area contributed by atoms with Gasteiger partial charge in [0, 0.05) is 19.3 Å². The molecule has 0 atom stereocenters. The van der Waals surface area contributed by atoms with Crippen molar-refractivity contribution < 1.29 is 0 Å². The lowest BCUT2D eigenvalue weighted by molar-refractivity contribution is 0.690. The minimum atomic E-state index is 0.820. The Morgan fingerprint density at radius 1 is 1.64 bits per heavy atom. The zero-order valence-corrected chi connectivity index (χ0v) is 8.61. The summed E-state index contributed by atoms with van der Waals surface area (Å²) >= 11 is 0. The molecule has 1 saturated carbocycles. The second kappa shape index (κ2) is 4.42. The Kier molecular flexibility index (Phi) is 2.99. The summed E-state index contributed by atoms with van der Waals surface area (Å²) in [6.45, 7) is 1.10. The summed E-state index contributed by atoms with van der Waals surface area (Å²) < 4.78 is 1.88. The van der Waals surface area contributed by atoms with Crippen LogP contribution in [0.2, 0.25) is 0 Å². The fraction of sp³-hybridized carbons (Fsp3) is 0.545. The van der Waals surface area contributed by atoms with E-state index in [1.807, 2.05) is 24.0 Å². The molecule has 1 aromatic heterocycles. The van der Waals surface area contributed by atoms with Crippen LogP contribution in [0.4, 0.5) is 0 Å². The van der Waals surface area contributed by atoms with Crippen molar-refractivity contribution in [3.05, 3.63) is 24.0 Å². The molecule has 3 heteroatoms. The Balaban J connectivity index is 1.68. The fourth-order valence-electron chi connectivity index (χ4n) is 1.41. The van der Waals surface area contributed by atoms with Crippen LogP contribution < -0.4 is 5.32 Å². The van der Waals surface area contributed by atoms with Gasteiger partial charge in [-0.1, -0.05) is 6.08 Å². The van der Waals surface area contributed by atoms with Gasteiger partial charge in [0.05, 0.1) is 5.69 Å². The highest BCUT2D eigenvalue weighted by Gasteiger charge is 2.19. The molecule has 1 aliphatic carbocycles. The first-order chi connectivity index (χ1) is 6.86. The Hall–Kier alpha value is -1.09. The molecule has 0 aliphatic heterocycles. The SMILES string of the molecule is Cn1nccc1C=CCCNC1CC1. The normalized spacial score (nSPS) is 16.6. The Labute approximate surface area is 84.8 Å². The molecular formula is C11H17N3. The monoisotopic (exact) mass is 191 g/mol. The maximum atomic E-state index is 4.10. The average molecular weight is 191 g/mol. The maximum absolute atomic E-state index is 4.10. The number of hydrogen-bond donors (Lipinski definition) is 1. The second-order valence-electron chi connectivity index (χ2n) is 3.80. The summed E-state index contributed by atoms with van der Waals surface area (Å²) in [7, 11) is 1.96. The first kappa shape index (κ1) is 9.46. The van der Waals surface area contributed by atoms with Crippen LogP contribution in [0.5, 0.6) is 0 Å². The summed E-state index contributed by atoms with van der Waals surface area (Å²) in [6.07, 6.45) is 9.98. The molecule has 0 bridgehead atoms. The van der Waals surface area contributed by atoms with E-state index in [-0.39, 0.29) is 0 Å². The van der Waals surface area contributed by atoms with Crippen molar-refractivity contribution in [2.75, 3.05) is 6.54 Å². The van der Waals surface area contributed by atoms with Crippen LogP contribution in [-0.2, 0) is 7.05 Å². The van der Waals surface area contributed by atoms with Crippen molar-refractivity contribution in [2.24, 2.45) is 7.05 Å². The van der Waals surface area contributed by atoms with Crippen molar-refractivity contribution in [3.63, 3.8) is 0 Å². The predicted molar refractivity (Wildman–Crippen MR) is 57.9 cm³/mol. The molecule has 1 N–H and O–H groups in total. The molecular weight excluding hydrogens is 174 g/mol. The highest BCUT2D eigenvalue weighted by Crippen LogP contribution is 2.18. The van der Waals surface area contributed by atoms with E-state index < -0.39 is 0 Å². The average Bonchev–Trinajstić information content (AvgIpc) is 2.91. The molecule has 14 heavy (non-hydrogen) atoms. The third-order valence-electron chi connectivity index (χ3n) is 2.47. The molecule has 1 aromatic rings. The van der Waals surface area contributed by atoms with Crippen LogP contribution in [0.3, 0.4) is 0 Å². The highest BCUT2D eigenvalue weighted by molar-refractivity contribution is 5.43. The molecule has 0 saturated heterocycles. The van der Waals surface area contributed by atoms with E-state index in [1.54, 1.807) is 0 Å². The molecule has 1 heterocycles. The van der Waals surface area contributed by atoms with Gasteiger partial charge in [0.15, 0.2) is 0 Å². The Bertz CT molecular complexity index is 310. The first-order valence-electron chi connectivity index (χ1n) is 5.24. The van der Waals surface area contributed by atoms with Gasteiger partial charge in [0.25, 0.3) is 0 Å². The quantitative estimate of drug-likeness (QED) is 0.716. The number of nitrogens with one attached hydrogen (secondary N) is 1. The highest BCUT2D eigenvalue weighted by atomic mass is 15.2. The summed E-state index contributed by atoms with van der Waals surface area (Å²) in [4.78, 5) is 0. The molecule has 0 unspecified atom stereocenters. The van der Waals surface area contributed by atoms with Gasteiger partial charge in [0.2, 0.25) is 0 Å². The van der Waals surface area contributed by atoms with Gasteiger partial charge in [-0.3, -0.25) is 4.68 Å². The minimum absolute atomic E-state index is 0.820. The maximum Gasteiger partial charge on any atom is 0.0603 e. The summed E-state index contributed by atoms with van der Waals surface area (Å²) in [6, 6.07) is 2.84. The van der Waals surface area contributed by atoms with Crippen molar-refractivity contribution >= 4 is 6.08 Å². The largest absolute Gasteiger partial charge is 0.314 e. The number of aromatic nitrogens is 2. The number of nitrogens with zero attached hydrogens (tertiary/aromatic N) is 2. The van der Waals surface area contributed by atoms with Crippen molar-refractivity contribution in [3.8, 4) is 0 Å². The van der Waals surface area contributed by atoms with Crippen molar-refractivity contribution in [1.29, 1.82) is 0 Å². The molecule has 1 aliphatic rings. The number of hydrogen-bond acceptors (Lipinski definition) is 2. The lowest BCUT2D eigenvalue weighted by Gasteiger charge is -1.97. The van der Waals surface area contributed by atoms with Gasteiger partial charge in [-0.2, -0.15) is 5.10 Å². The van der Waals surface area contributed by atoms with E-state index in [9.17, 15) is 0 Å². The number of rotatable bonds is 5. The van der Waals surface area contributed by atoms with Crippen LogP contribution in [0.25, 0.3) is 6.08 Å². The zero-order valence-electron chi connectivity index (χ0n) is 8.61. The standard InChI is InChI=1S/C11H17N3/c1-14-11(7-9-13-14)4-2-3-8-12-10-5-6-10/h2,4,7,9-10,12H,3,5-6,8H2,1H3. The van der Waals surface area contributed by atoms with E-state index >= 15 is 0 Å². The second-order valence-corrected chi connectivity index (χ2v) is 3.80. The van der Waals surface area contributed by atoms with Crippen LogP contribution in [0, 0.1) is 0 Å². The van der Waals surface area contributed by atoms with E-state index in [0.717, 1.165) is 24.7 Å². The molecule has 0 aromatic carbocycles. The van der Waals surface area contributed by atoms with E-state index in [0.29, 0.717) is 0 Å². The van der Waals surface area contributed by atoms with Gasteiger partial charge < -0.3 is 5.32 Å². The van der Waals surface area contributed by atoms with E-state index in [1.165, 1.54) is 12.8 Å². The van der Waals surface area contributed by atoms with Crippen LogP contribution in [0.15, 0.2) is 18.3 Å². The third-order valence-corrected chi connectivity index (χ3v) is 2.47. The summed E-state index contributed by atoms with van der Waals surface area (Å²) in [5.74, 6) is 0. The lowest BCUT2D eigenvalue weighted by Crippen LogP contribution is -2.16. The molecule has 0 radical (unpaired) electrons. The third kappa shape index (κ3) is 2.70. The molecule has 0 spiro atoms. The summed E-state index contributed by atoms with van der Waals surface area (Å²) in [5, 5.41) is 7.58. The first-order valence-corrected chi connectivity index (χ1v) is 5.24. The van der Waals surface area contributed by atoms with E-state index in [4.69, 9.17) is 0 Å². The predicted octanol–water partition coefficient (Wildman–Crippen LogP) is 1.58. The summed E-state index contributed by atoms with van der Waals surface area (Å²) in [5.41, 5.74) is 1.16. The van der Waals surface area contributed by atoms with Gasteiger partial charge in [0.1, 0.15) is 0 Å². The van der Waals surface area contributed by atoms with Crippen molar-refractivity contribution in [2.45, 2.75) is 25.3 Å². The van der Waals surface area contributed by atoms with E-state index in [2.05, 4.69) is 22.6 Å². The van der Waals surface area contributed by atoms with Crippen LogP contribution in [0.1, 0.15) is 25.0 Å². The molecule has 1 fully saturated rings. The molecule has 3 nitrogen and oxygen atoms in total. The van der Waals surface area contributed by atoms with Crippen LogP contribution in [-0.4, -0.2) is 22.4 Å². The molecule has 76 valence electrons. The lowest BCUT2D eigenvalue weighted by atomic mass is 10.3. The Morgan fingerprint density at radius 3 is 3.14 bits per heavy atom. The van der Waals surface area contributed by atoms with Gasteiger partial charge in [-0.25, -0.2) is 0 Å². The topological polar surface area (TPSA) is 29.9 Å². The fourth-order valence-corrected chi connectivity index (χ4v) is 1.41.